The average Bonchev–Trinajstić information content (AvgIpc) is 3.11. The number of pyridine rings is 1. The summed E-state index contributed by atoms with van der Waals surface area (Å²) in [5, 5.41) is 9.23. The Morgan fingerprint density at radius 3 is 2.56 bits per heavy atom. The van der Waals surface area contributed by atoms with Crippen LogP contribution in [0.2, 0.25) is 0 Å². The van der Waals surface area contributed by atoms with Crippen LogP contribution in [0.4, 0.5) is 0 Å². The molecule has 6 heteroatoms. The first-order chi connectivity index (χ1) is 8.50. The van der Waals surface area contributed by atoms with Crippen molar-refractivity contribution in [2.75, 3.05) is 14.1 Å². The minimum absolute atomic E-state index is 0.0469. The molecule has 0 aliphatic heterocycles. The second-order valence-electron chi connectivity index (χ2n) is 4.38. The Morgan fingerprint density at radius 2 is 2.06 bits per heavy atom. The number of aromatic carboxylic acids is 1. The molecule has 0 radical (unpaired) electrons. The van der Waals surface area contributed by atoms with Gasteiger partial charge in [0.1, 0.15) is 5.56 Å². The zero-order valence-electron chi connectivity index (χ0n) is 10.2. The van der Waals surface area contributed by atoms with Crippen molar-refractivity contribution in [2.45, 2.75) is 18.9 Å². The molecule has 96 valence electrons. The first-order valence-corrected chi connectivity index (χ1v) is 5.60. The molecule has 0 aromatic carbocycles. The summed E-state index contributed by atoms with van der Waals surface area (Å²) in [6.07, 6.45) is 4.46. The second kappa shape index (κ2) is 4.64. The maximum Gasteiger partial charge on any atom is 0.340 e. The van der Waals surface area contributed by atoms with E-state index >= 15 is 0 Å². The number of nitrogens with zero attached hydrogens (tertiary/aromatic N) is 2. The number of hydrogen-bond donors (Lipinski definition) is 1. The van der Waals surface area contributed by atoms with E-state index < -0.39 is 11.9 Å². The summed E-state index contributed by atoms with van der Waals surface area (Å²) in [6.45, 7) is 0. The molecular weight excluding hydrogens is 236 g/mol. The first kappa shape index (κ1) is 12.3. The van der Waals surface area contributed by atoms with Crippen LogP contribution in [-0.4, -0.2) is 47.1 Å². The van der Waals surface area contributed by atoms with Crippen LogP contribution in [0.25, 0.3) is 0 Å². The van der Waals surface area contributed by atoms with E-state index in [1.54, 1.807) is 14.1 Å². The van der Waals surface area contributed by atoms with Gasteiger partial charge in [0.25, 0.3) is 5.91 Å². The van der Waals surface area contributed by atoms with Gasteiger partial charge in [-0.1, -0.05) is 0 Å². The minimum Gasteiger partial charge on any atom is -0.488 e. The van der Waals surface area contributed by atoms with Crippen LogP contribution >= 0.6 is 0 Å². The molecule has 0 atom stereocenters. The highest BCUT2D eigenvalue weighted by atomic mass is 16.5. The van der Waals surface area contributed by atoms with Gasteiger partial charge < -0.3 is 14.7 Å². The first-order valence-electron chi connectivity index (χ1n) is 5.60. The predicted octanol–water partition coefficient (Wildman–Crippen LogP) is 1.02. The molecule has 1 aromatic heterocycles. The lowest BCUT2D eigenvalue weighted by Gasteiger charge is -2.14. The molecule has 0 spiro atoms. The number of amides is 1. The number of carbonyl (C=O) groups excluding carboxylic acids is 1. The number of carboxylic acids is 1. The molecule has 2 rings (SSSR count). The molecule has 0 unspecified atom stereocenters. The molecule has 1 aliphatic rings. The van der Waals surface area contributed by atoms with Crippen LogP contribution in [0, 0.1) is 0 Å². The van der Waals surface area contributed by atoms with E-state index in [0.29, 0.717) is 0 Å². The van der Waals surface area contributed by atoms with Crippen LogP contribution in [0.3, 0.4) is 0 Å². The summed E-state index contributed by atoms with van der Waals surface area (Å²) in [7, 11) is 3.12. The highest BCUT2D eigenvalue weighted by molar-refractivity contribution is 6.06. The van der Waals surface area contributed by atoms with Gasteiger partial charge in [-0.3, -0.25) is 9.78 Å². The Kier molecular flexibility index (Phi) is 3.18. The third-order valence-corrected chi connectivity index (χ3v) is 2.58. The molecule has 1 N–H and O–H groups in total. The van der Waals surface area contributed by atoms with Gasteiger partial charge in [0.15, 0.2) is 5.75 Å². The smallest absolute Gasteiger partial charge is 0.340 e. The van der Waals surface area contributed by atoms with Gasteiger partial charge in [0.05, 0.1) is 17.9 Å². The molecule has 1 aromatic rings. The van der Waals surface area contributed by atoms with Crippen molar-refractivity contribution in [2.24, 2.45) is 0 Å². The highest BCUT2D eigenvalue weighted by Crippen LogP contribution is 2.30. The van der Waals surface area contributed by atoms with Crippen LogP contribution < -0.4 is 4.74 Å². The minimum atomic E-state index is -1.18. The molecule has 18 heavy (non-hydrogen) atoms. The molecule has 1 fully saturated rings. The van der Waals surface area contributed by atoms with Crippen LogP contribution in [0.1, 0.15) is 33.6 Å². The third-order valence-electron chi connectivity index (χ3n) is 2.58. The van der Waals surface area contributed by atoms with E-state index in [-0.39, 0.29) is 23.0 Å². The van der Waals surface area contributed by atoms with Crippen LogP contribution in [0.15, 0.2) is 12.4 Å². The summed E-state index contributed by atoms with van der Waals surface area (Å²) in [6, 6.07) is 0. The molecule has 0 saturated heterocycles. The van der Waals surface area contributed by atoms with E-state index in [2.05, 4.69) is 4.98 Å². The number of hydrogen-bond acceptors (Lipinski definition) is 4. The van der Waals surface area contributed by atoms with E-state index in [4.69, 9.17) is 4.74 Å². The van der Waals surface area contributed by atoms with Gasteiger partial charge in [0.2, 0.25) is 0 Å². The van der Waals surface area contributed by atoms with Gasteiger partial charge in [-0.15, -0.1) is 0 Å². The van der Waals surface area contributed by atoms with Gasteiger partial charge >= 0.3 is 5.97 Å². The topological polar surface area (TPSA) is 79.7 Å². The molecule has 6 nitrogen and oxygen atoms in total. The van der Waals surface area contributed by atoms with Crippen molar-refractivity contribution in [1.29, 1.82) is 0 Å². The molecule has 1 amide bonds. The normalized spacial score (nSPS) is 14.1. The van der Waals surface area contributed by atoms with E-state index in [9.17, 15) is 14.7 Å². The summed E-state index contributed by atoms with van der Waals surface area (Å²) >= 11 is 0. The summed E-state index contributed by atoms with van der Waals surface area (Å²) in [4.78, 5) is 28.4. The maximum absolute atomic E-state index is 11.9. The van der Waals surface area contributed by atoms with Gasteiger partial charge in [-0.25, -0.2) is 4.79 Å². The van der Waals surface area contributed by atoms with Gasteiger partial charge in [0, 0.05) is 20.3 Å². The zero-order valence-corrected chi connectivity index (χ0v) is 10.2. The van der Waals surface area contributed by atoms with Crippen molar-refractivity contribution in [3.05, 3.63) is 23.5 Å². The Bertz CT molecular complexity index is 495. The summed E-state index contributed by atoms with van der Waals surface area (Å²) < 4.78 is 5.47. The Balaban J connectivity index is 2.44. The average molecular weight is 250 g/mol. The number of ether oxygens (including phenoxy) is 1. The Hall–Kier alpha value is -2.11. The van der Waals surface area contributed by atoms with Crippen molar-refractivity contribution < 1.29 is 19.4 Å². The van der Waals surface area contributed by atoms with E-state index in [1.165, 1.54) is 17.3 Å². The number of carbonyl (C=O) groups is 2. The van der Waals surface area contributed by atoms with Crippen LogP contribution in [-0.2, 0) is 0 Å². The lowest BCUT2D eigenvalue weighted by Crippen LogP contribution is -2.24. The number of rotatable bonds is 4. The Morgan fingerprint density at radius 1 is 1.39 bits per heavy atom. The zero-order chi connectivity index (χ0) is 13.3. The molecule has 1 heterocycles. The number of aromatic nitrogens is 1. The van der Waals surface area contributed by atoms with Crippen molar-refractivity contribution >= 4 is 11.9 Å². The van der Waals surface area contributed by atoms with Gasteiger partial charge in [-0.2, -0.15) is 0 Å². The second-order valence-corrected chi connectivity index (χ2v) is 4.38. The highest BCUT2D eigenvalue weighted by Gasteiger charge is 2.29. The summed E-state index contributed by atoms with van der Waals surface area (Å²) in [5.41, 5.74) is -0.0683. The fourth-order valence-corrected chi connectivity index (χ4v) is 1.52. The number of carboxylic acid groups (broad SMARTS) is 1. The molecule has 1 aliphatic carbocycles. The lowest BCUT2D eigenvalue weighted by atomic mass is 10.1. The van der Waals surface area contributed by atoms with Crippen LogP contribution in [0.5, 0.6) is 5.75 Å². The monoisotopic (exact) mass is 250 g/mol. The molecule has 0 bridgehead atoms. The van der Waals surface area contributed by atoms with Crippen molar-refractivity contribution in [3.8, 4) is 5.75 Å². The third kappa shape index (κ3) is 2.42. The fourth-order valence-electron chi connectivity index (χ4n) is 1.52. The quantitative estimate of drug-likeness (QED) is 0.863. The summed E-state index contributed by atoms with van der Waals surface area (Å²) in [5.74, 6) is -1.42. The van der Waals surface area contributed by atoms with Crippen molar-refractivity contribution in [3.63, 3.8) is 0 Å². The Labute approximate surface area is 104 Å². The standard InChI is InChI=1S/C12H14N2O4/c1-14(2)11(15)8-5-13-6-9(10(8)12(16)17)18-7-3-4-7/h5-7H,3-4H2,1-2H3,(H,16,17). The predicted molar refractivity (Wildman–Crippen MR) is 62.9 cm³/mol. The maximum atomic E-state index is 11.9. The van der Waals surface area contributed by atoms with E-state index in [1.807, 2.05) is 0 Å². The van der Waals surface area contributed by atoms with E-state index in [0.717, 1.165) is 12.8 Å². The molecular formula is C12H14N2O4. The SMILES string of the molecule is CN(C)C(=O)c1cncc(OC2CC2)c1C(=O)O. The lowest BCUT2D eigenvalue weighted by molar-refractivity contribution is 0.0679. The van der Waals surface area contributed by atoms with Crippen molar-refractivity contribution in [1.82, 2.24) is 9.88 Å². The fraction of sp³-hybridized carbons (Fsp3) is 0.417. The molecule has 1 saturated carbocycles. The van der Waals surface area contributed by atoms with Gasteiger partial charge in [-0.05, 0) is 12.8 Å². The largest absolute Gasteiger partial charge is 0.488 e.